The fraction of sp³-hybridized carbons (Fsp3) is 0.385. The highest BCUT2D eigenvalue weighted by atomic mass is 17.2. The number of rotatable bonds is 6. The molecule has 1 aromatic rings. The highest BCUT2D eigenvalue weighted by Gasteiger charge is 2.22. The van der Waals surface area contributed by atoms with E-state index in [1.165, 1.54) is 27.4 Å². The molecule has 0 spiro atoms. The molecule has 1 radical (unpaired) electrons. The van der Waals surface area contributed by atoms with Crippen molar-refractivity contribution in [3.8, 4) is 17.2 Å². The van der Waals surface area contributed by atoms with Crippen molar-refractivity contribution in [2.24, 2.45) is 0 Å². The molecular formula is C13H17O6. The van der Waals surface area contributed by atoms with Gasteiger partial charge in [0.2, 0.25) is 5.75 Å². The van der Waals surface area contributed by atoms with Gasteiger partial charge in [-0.1, -0.05) is 0 Å². The summed E-state index contributed by atoms with van der Waals surface area (Å²) >= 11 is 0. The molecular weight excluding hydrogens is 252 g/mol. The predicted octanol–water partition coefficient (Wildman–Crippen LogP) is 2.37. The number of methoxy groups -OCH3 is 3. The van der Waals surface area contributed by atoms with Gasteiger partial charge < -0.3 is 14.2 Å². The van der Waals surface area contributed by atoms with E-state index in [1.807, 2.05) is 0 Å². The molecule has 0 aliphatic carbocycles. The number of hydrogen-bond acceptors (Lipinski definition) is 6. The van der Waals surface area contributed by atoms with Gasteiger partial charge in [0.05, 0.1) is 21.3 Å². The van der Waals surface area contributed by atoms with E-state index in [4.69, 9.17) is 19.1 Å². The zero-order valence-corrected chi connectivity index (χ0v) is 11.6. The second-order valence-electron chi connectivity index (χ2n) is 3.74. The number of ether oxygens (including phenoxy) is 3. The Hall–Kier alpha value is -1.95. The average Bonchev–Trinajstić information content (AvgIpc) is 2.42. The van der Waals surface area contributed by atoms with Crippen LogP contribution in [0.5, 0.6) is 17.2 Å². The molecule has 0 fully saturated rings. The van der Waals surface area contributed by atoms with Gasteiger partial charge in [-0.3, -0.25) is 4.89 Å². The van der Waals surface area contributed by atoms with E-state index in [0.717, 1.165) is 0 Å². The molecule has 0 bridgehead atoms. The van der Waals surface area contributed by atoms with Crippen LogP contribution < -0.4 is 14.2 Å². The van der Waals surface area contributed by atoms with Crippen LogP contribution in [0.25, 0.3) is 0 Å². The molecule has 105 valence electrons. The summed E-state index contributed by atoms with van der Waals surface area (Å²) < 4.78 is 15.5. The first-order valence-corrected chi connectivity index (χ1v) is 5.53. The Labute approximate surface area is 112 Å². The number of hydrogen-bond donors (Lipinski definition) is 0. The van der Waals surface area contributed by atoms with Gasteiger partial charge in [0.15, 0.2) is 11.5 Å². The summed E-state index contributed by atoms with van der Waals surface area (Å²) in [5.74, 6) is 0.315. The van der Waals surface area contributed by atoms with Gasteiger partial charge in [0.25, 0.3) is 0 Å². The first kappa shape index (κ1) is 15.1. The summed E-state index contributed by atoms with van der Waals surface area (Å²) in [7, 11) is 4.37. The van der Waals surface area contributed by atoms with Crippen molar-refractivity contribution < 1.29 is 28.8 Å². The van der Waals surface area contributed by atoms with E-state index in [-0.39, 0.29) is 11.3 Å². The third-order valence-electron chi connectivity index (χ3n) is 2.21. The Morgan fingerprint density at radius 1 is 0.895 bits per heavy atom. The topological polar surface area (TPSA) is 63.2 Å². The largest absolute Gasteiger partial charge is 0.493 e. The second-order valence-corrected chi connectivity index (χ2v) is 3.74. The number of benzene rings is 1. The number of carbonyl (C=O) groups is 1. The molecule has 0 saturated heterocycles. The quantitative estimate of drug-likeness (QED) is 0.583. The lowest BCUT2D eigenvalue weighted by Crippen LogP contribution is -2.09. The molecule has 0 aromatic heterocycles. The highest BCUT2D eigenvalue weighted by Crippen LogP contribution is 2.39. The highest BCUT2D eigenvalue weighted by molar-refractivity contribution is 5.93. The maximum absolute atomic E-state index is 11.9. The van der Waals surface area contributed by atoms with E-state index in [2.05, 4.69) is 4.89 Å². The third-order valence-corrected chi connectivity index (χ3v) is 2.21. The monoisotopic (exact) mass is 269 g/mol. The van der Waals surface area contributed by atoms with Gasteiger partial charge in [-0.05, 0) is 26.0 Å². The summed E-state index contributed by atoms with van der Waals surface area (Å²) in [5, 5.41) is 0. The zero-order valence-electron chi connectivity index (χ0n) is 11.6. The van der Waals surface area contributed by atoms with Crippen molar-refractivity contribution in [3.63, 3.8) is 0 Å². The van der Waals surface area contributed by atoms with E-state index in [1.54, 1.807) is 19.9 Å². The molecule has 0 aliphatic rings. The summed E-state index contributed by atoms with van der Waals surface area (Å²) in [4.78, 5) is 21.2. The maximum atomic E-state index is 11.9. The normalized spacial score (nSPS) is 10.2. The van der Waals surface area contributed by atoms with E-state index in [0.29, 0.717) is 17.6 Å². The zero-order chi connectivity index (χ0) is 14.4. The molecule has 0 unspecified atom stereocenters. The first-order valence-electron chi connectivity index (χ1n) is 5.53. The molecule has 0 saturated carbocycles. The van der Waals surface area contributed by atoms with Crippen molar-refractivity contribution in [2.75, 3.05) is 21.3 Å². The molecule has 0 heterocycles. The fourth-order valence-electron chi connectivity index (χ4n) is 1.43. The summed E-state index contributed by atoms with van der Waals surface area (Å²) in [6.45, 7) is 3.33. The van der Waals surface area contributed by atoms with Crippen LogP contribution in [0.15, 0.2) is 12.1 Å². The summed E-state index contributed by atoms with van der Waals surface area (Å²) in [6, 6.07) is 3.09. The van der Waals surface area contributed by atoms with Crippen LogP contribution in [0.2, 0.25) is 0 Å². The predicted molar refractivity (Wildman–Crippen MR) is 67.2 cm³/mol. The summed E-state index contributed by atoms with van der Waals surface area (Å²) in [6.07, 6.45) is 0.507. The van der Waals surface area contributed by atoms with Gasteiger partial charge in [-0.25, -0.2) is 4.79 Å². The minimum absolute atomic E-state index is 0.182. The van der Waals surface area contributed by atoms with Crippen molar-refractivity contribution in [1.29, 1.82) is 0 Å². The molecule has 19 heavy (non-hydrogen) atoms. The van der Waals surface area contributed by atoms with Crippen LogP contribution in [-0.2, 0) is 9.78 Å². The Bertz CT molecular complexity index is 441. The smallest absolute Gasteiger partial charge is 0.377 e. The Kier molecular flexibility index (Phi) is 5.44. The lowest BCUT2D eigenvalue weighted by Gasteiger charge is -2.14. The molecule has 1 aromatic carbocycles. The van der Waals surface area contributed by atoms with Crippen molar-refractivity contribution >= 4 is 5.97 Å². The van der Waals surface area contributed by atoms with Gasteiger partial charge in [-0.15, -0.1) is 0 Å². The first-order chi connectivity index (χ1) is 9.04. The van der Waals surface area contributed by atoms with Gasteiger partial charge >= 0.3 is 5.97 Å². The van der Waals surface area contributed by atoms with E-state index in [9.17, 15) is 4.79 Å². The molecule has 6 heteroatoms. The lowest BCUT2D eigenvalue weighted by atomic mass is 10.1. The molecule has 0 amide bonds. The van der Waals surface area contributed by atoms with Crippen molar-refractivity contribution in [2.45, 2.75) is 13.8 Å². The van der Waals surface area contributed by atoms with Crippen LogP contribution in [0.4, 0.5) is 0 Å². The van der Waals surface area contributed by atoms with Crippen molar-refractivity contribution in [1.82, 2.24) is 0 Å². The third kappa shape index (κ3) is 3.51. The van der Waals surface area contributed by atoms with Crippen LogP contribution in [0.3, 0.4) is 0 Å². The molecule has 0 N–H and O–H groups in total. The molecule has 0 aliphatic heterocycles. The van der Waals surface area contributed by atoms with E-state index < -0.39 is 5.97 Å². The van der Waals surface area contributed by atoms with Gasteiger partial charge in [0.1, 0.15) is 11.7 Å². The van der Waals surface area contributed by atoms with Crippen LogP contribution in [0, 0.1) is 6.10 Å². The standard InChI is InChI=1S/C13H17O6/c1-8(2)18-19-13(14)9-6-7-10(15-3)12(17-5)11(9)16-4/h6-7H,1-5H3. The second kappa shape index (κ2) is 6.84. The number of carbonyl (C=O) groups excluding carboxylic acids is 1. The van der Waals surface area contributed by atoms with Crippen LogP contribution >= 0.6 is 0 Å². The average molecular weight is 269 g/mol. The van der Waals surface area contributed by atoms with Crippen molar-refractivity contribution in [3.05, 3.63) is 23.8 Å². The minimum Gasteiger partial charge on any atom is -0.493 e. The van der Waals surface area contributed by atoms with Crippen LogP contribution in [-0.4, -0.2) is 27.3 Å². The van der Waals surface area contributed by atoms with Crippen LogP contribution in [0.1, 0.15) is 24.2 Å². The Morgan fingerprint density at radius 2 is 1.53 bits per heavy atom. The SMILES string of the molecule is COc1ccc(C(=O)OO[C](C)C)c(OC)c1OC. The molecule has 1 rings (SSSR count). The fourth-order valence-corrected chi connectivity index (χ4v) is 1.43. The minimum atomic E-state index is -0.681. The van der Waals surface area contributed by atoms with Gasteiger partial charge in [0, 0.05) is 0 Å². The van der Waals surface area contributed by atoms with Gasteiger partial charge in [-0.2, -0.15) is 4.89 Å². The lowest BCUT2D eigenvalue weighted by molar-refractivity contribution is -0.229. The van der Waals surface area contributed by atoms with E-state index >= 15 is 0 Å². The molecule has 6 nitrogen and oxygen atoms in total. The Balaban J connectivity index is 3.10. The molecule has 0 atom stereocenters. The Morgan fingerprint density at radius 3 is 2.00 bits per heavy atom. The summed E-state index contributed by atoms with van der Waals surface area (Å²) in [5.41, 5.74) is 0.182. The maximum Gasteiger partial charge on any atom is 0.377 e.